The van der Waals surface area contributed by atoms with Gasteiger partial charge in [-0.3, -0.25) is 0 Å². The Labute approximate surface area is 132 Å². The Kier molecular flexibility index (Phi) is 4.88. The van der Waals surface area contributed by atoms with Crippen LogP contribution in [-0.2, 0) is 6.42 Å². The fourth-order valence-corrected chi connectivity index (χ4v) is 2.67. The molecular formula is C21H21N. The van der Waals surface area contributed by atoms with E-state index in [1.165, 1.54) is 35.2 Å². The molecular weight excluding hydrogens is 266 g/mol. The van der Waals surface area contributed by atoms with E-state index in [2.05, 4.69) is 78.1 Å². The molecule has 22 heavy (non-hydrogen) atoms. The molecule has 3 aromatic rings. The van der Waals surface area contributed by atoms with E-state index in [4.69, 9.17) is 0 Å². The summed E-state index contributed by atoms with van der Waals surface area (Å²) in [5, 5.41) is 3.36. The van der Waals surface area contributed by atoms with Crippen LogP contribution in [0, 0.1) is 0 Å². The lowest BCUT2D eigenvalue weighted by atomic mass is 10.0. The van der Waals surface area contributed by atoms with Gasteiger partial charge < -0.3 is 5.32 Å². The fourth-order valence-electron chi connectivity index (χ4n) is 2.67. The van der Waals surface area contributed by atoms with Crippen molar-refractivity contribution in [3.8, 4) is 11.1 Å². The molecule has 0 spiro atoms. The van der Waals surface area contributed by atoms with Gasteiger partial charge in [-0.1, -0.05) is 78.9 Å². The number of rotatable bonds is 1. The van der Waals surface area contributed by atoms with Crippen molar-refractivity contribution in [3.05, 3.63) is 90.5 Å². The summed E-state index contributed by atoms with van der Waals surface area (Å²) < 4.78 is 0. The summed E-state index contributed by atoms with van der Waals surface area (Å²) in [6.45, 7) is 1.14. The number of nitrogens with one attached hydrogen (secondary N) is 1. The highest BCUT2D eigenvalue weighted by molar-refractivity contribution is 5.62. The largest absolute Gasteiger partial charge is 0.385 e. The Morgan fingerprint density at radius 2 is 1.14 bits per heavy atom. The molecule has 0 atom stereocenters. The summed E-state index contributed by atoms with van der Waals surface area (Å²) in [7, 11) is 0. The van der Waals surface area contributed by atoms with Gasteiger partial charge in [0.1, 0.15) is 0 Å². The summed E-state index contributed by atoms with van der Waals surface area (Å²) in [6, 6.07) is 29.3. The molecule has 1 heterocycles. The third-order valence-corrected chi connectivity index (χ3v) is 3.84. The zero-order valence-electron chi connectivity index (χ0n) is 12.7. The van der Waals surface area contributed by atoms with Crippen molar-refractivity contribution in [2.45, 2.75) is 12.8 Å². The van der Waals surface area contributed by atoms with Crippen molar-refractivity contribution in [2.24, 2.45) is 0 Å². The van der Waals surface area contributed by atoms with Crippen LogP contribution in [0.5, 0.6) is 0 Å². The van der Waals surface area contributed by atoms with E-state index in [9.17, 15) is 0 Å². The van der Waals surface area contributed by atoms with Gasteiger partial charge >= 0.3 is 0 Å². The van der Waals surface area contributed by atoms with E-state index in [0.29, 0.717) is 0 Å². The number of para-hydroxylation sites is 1. The first-order chi connectivity index (χ1) is 10.9. The SMILES string of the molecule is c1ccc(-c2ccccc2)cc1.c1ccc2c(c1)CCCN2. The van der Waals surface area contributed by atoms with Crippen LogP contribution in [0.15, 0.2) is 84.9 Å². The molecule has 1 nitrogen and oxygen atoms in total. The predicted molar refractivity (Wildman–Crippen MR) is 95.1 cm³/mol. The Hall–Kier alpha value is -2.54. The average molecular weight is 287 g/mol. The second-order valence-electron chi connectivity index (χ2n) is 5.42. The van der Waals surface area contributed by atoms with Crippen molar-refractivity contribution >= 4 is 5.69 Å². The first kappa shape index (κ1) is 14.4. The van der Waals surface area contributed by atoms with Crippen LogP contribution in [0.3, 0.4) is 0 Å². The number of hydrogen-bond acceptors (Lipinski definition) is 1. The van der Waals surface area contributed by atoms with Crippen LogP contribution in [-0.4, -0.2) is 6.54 Å². The smallest absolute Gasteiger partial charge is 0.0372 e. The van der Waals surface area contributed by atoms with Crippen molar-refractivity contribution in [1.29, 1.82) is 0 Å². The van der Waals surface area contributed by atoms with Crippen LogP contribution in [0.2, 0.25) is 0 Å². The standard InChI is InChI=1S/C12H10.C9H11N/c1-3-7-11(8-4-1)12-9-5-2-6-10-12;1-2-6-9-8(4-1)5-3-7-10-9/h1-10H;1-2,4,6,10H,3,5,7H2. The van der Waals surface area contributed by atoms with E-state index in [1.807, 2.05) is 12.1 Å². The third kappa shape index (κ3) is 3.76. The van der Waals surface area contributed by atoms with E-state index in [1.54, 1.807) is 0 Å². The Bertz CT molecular complexity index is 627. The normalized spacial score (nSPS) is 12.4. The van der Waals surface area contributed by atoms with Gasteiger partial charge in [0, 0.05) is 12.2 Å². The number of hydrogen-bond donors (Lipinski definition) is 1. The minimum atomic E-state index is 1.14. The molecule has 0 bridgehead atoms. The number of anilines is 1. The van der Waals surface area contributed by atoms with Crippen LogP contribution in [0.4, 0.5) is 5.69 Å². The first-order valence-electron chi connectivity index (χ1n) is 7.86. The zero-order valence-corrected chi connectivity index (χ0v) is 12.7. The maximum atomic E-state index is 3.36. The lowest BCUT2D eigenvalue weighted by molar-refractivity contribution is 0.830. The van der Waals surface area contributed by atoms with Gasteiger partial charge in [0.05, 0.1) is 0 Å². The molecule has 0 unspecified atom stereocenters. The highest BCUT2D eigenvalue weighted by atomic mass is 14.9. The van der Waals surface area contributed by atoms with Crippen molar-refractivity contribution in [3.63, 3.8) is 0 Å². The third-order valence-electron chi connectivity index (χ3n) is 3.84. The van der Waals surface area contributed by atoms with E-state index >= 15 is 0 Å². The highest BCUT2D eigenvalue weighted by Crippen LogP contribution is 2.20. The fraction of sp³-hybridized carbons (Fsp3) is 0.143. The van der Waals surface area contributed by atoms with E-state index in [-0.39, 0.29) is 0 Å². The van der Waals surface area contributed by atoms with Crippen LogP contribution >= 0.6 is 0 Å². The number of fused-ring (bicyclic) bond motifs is 1. The second-order valence-corrected chi connectivity index (χ2v) is 5.42. The molecule has 0 radical (unpaired) electrons. The lowest BCUT2D eigenvalue weighted by Gasteiger charge is -2.16. The molecule has 3 aromatic carbocycles. The van der Waals surface area contributed by atoms with Gasteiger partial charge in [0.25, 0.3) is 0 Å². The van der Waals surface area contributed by atoms with Crippen LogP contribution < -0.4 is 5.32 Å². The molecule has 0 aromatic heterocycles. The first-order valence-corrected chi connectivity index (χ1v) is 7.86. The molecule has 0 fully saturated rings. The van der Waals surface area contributed by atoms with Gasteiger partial charge in [-0.25, -0.2) is 0 Å². The van der Waals surface area contributed by atoms with Crippen molar-refractivity contribution in [1.82, 2.24) is 0 Å². The summed E-state index contributed by atoms with van der Waals surface area (Å²) in [5.41, 5.74) is 5.35. The van der Waals surface area contributed by atoms with Gasteiger partial charge in [0.2, 0.25) is 0 Å². The minimum absolute atomic E-state index is 1.14. The van der Waals surface area contributed by atoms with Gasteiger partial charge in [-0.05, 0) is 35.6 Å². The number of benzene rings is 3. The van der Waals surface area contributed by atoms with E-state index in [0.717, 1.165) is 6.54 Å². The molecule has 0 amide bonds. The summed E-state index contributed by atoms with van der Waals surface area (Å²) in [6.07, 6.45) is 2.51. The highest BCUT2D eigenvalue weighted by Gasteiger charge is 2.04. The lowest BCUT2D eigenvalue weighted by Crippen LogP contribution is -2.10. The summed E-state index contributed by atoms with van der Waals surface area (Å²) in [4.78, 5) is 0. The van der Waals surface area contributed by atoms with Crippen LogP contribution in [0.25, 0.3) is 11.1 Å². The van der Waals surface area contributed by atoms with E-state index < -0.39 is 0 Å². The number of aryl methyl sites for hydroxylation is 1. The molecule has 0 saturated heterocycles. The molecule has 1 heteroatoms. The topological polar surface area (TPSA) is 12.0 Å². The monoisotopic (exact) mass is 287 g/mol. The maximum Gasteiger partial charge on any atom is 0.0372 e. The molecule has 4 rings (SSSR count). The quantitative estimate of drug-likeness (QED) is 0.632. The molecule has 1 aliphatic heterocycles. The van der Waals surface area contributed by atoms with Crippen LogP contribution in [0.1, 0.15) is 12.0 Å². The summed E-state index contributed by atoms with van der Waals surface area (Å²) in [5.74, 6) is 0. The minimum Gasteiger partial charge on any atom is -0.385 e. The molecule has 0 saturated carbocycles. The molecule has 0 aliphatic carbocycles. The average Bonchev–Trinajstić information content (AvgIpc) is 2.64. The van der Waals surface area contributed by atoms with Gasteiger partial charge in [-0.2, -0.15) is 0 Å². The second kappa shape index (κ2) is 7.46. The Morgan fingerprint density at radius 3 is 1.73 bits per heavy atom. The molecule has 1 N–H and O–H groups in total. The predicted octanol–water partition coefficient (Wildman–Crippen LogP) is 5.40. The van der Waals surface area contributed by atoms with Gasteiger partial charge in [0.15, 0.2) is 0 Å². The summed E-state index contributed by atoms with van der Waals surface area (Å²) >= 11 is 0. The Morgan fingerprint density at radius 1 is 0.591 bits per heavy atom. The molecule has 110 valence electrons. The Balaban J connectivity index is 0.000000133. The van der Waals surface area contributed by atoms with Crippen molar-refractivity contribution in [2.75, 3.05) is 11.9 Å². The maximum absolute atomic E-state index is 3.36. The molecule has 1 aliphatic rings. The van der Waals surface area contributed by atoms with Gasteiger partial charge in [-0.15, -0.1) is 0 Å². The van der Waals surface area contributed by atoms with Crippen molar-refractivity contribution < 1.29 is 0 Å². The zero-order chi connectivity index (χ0) is 15.0.